The van der Waals surface area contributed by atoms with Crippen LogP contribution in [-0.2, 0) is 28.6 Å². The summed E-state index contributed by atoms with van der Waals surface area (Å²) in [6, 6.07) is 0. The Kier molecular flexibility index (Phi) is 4.04. The molecule has 0 amide bonds. The van der Waals surface area contributed by atoms with E-state index in [1.54, 1.807) is 0 Å². The lowest BCUT2D eigenvalue weighted by Crippen LogP contribution is -2.50. The van der Waals surface area contributed by atoms with E-state index in [0.717, 1.165) is 0 Å². The molecule has 10 nitrogen and oxygen atoms in total. The summed E-state index contributed by atoms with van der Waals surface area (Å²) in [7, 11) is 0. The minimum atomic E-state index is -1.75. The second-order valence-electron chi connectivity index (χ2n) is 4.37. The molecule has 20 heavy (non-hydrogen) atoms. The number of carboxylic acids is 1. The number of hydrogen-bond donors (Lipinski definition) is 1. The van der Waals surface area contributed by atoms with E-state index in [-0.39, 0.29) is 26.1 Å². The van der Waals surface area contributed by atoms with E-state index in [1.165, 1.54) is 0 Å². The molecule has 0 aromatic heterocycles. The lowest BCUT2D eigenvalue weighted by Gasteiger charge is -2.29. The molecule has 0 aliphatic carbocycles. The largest absolute Gasteiger partial charge is 0.481 e. The number of nitrogens with zero attached hydrogens (tertiary/aromatic N) is 1. The number of rotatable bonds is 6. The molecular formula is C10H13NO9. The van der Waals surface area contributed by atoms with E-state index in [0.29, 0.717) is 6.42 Å². The maximum Gasteiger partial charge on any atom is 0.306 e. The zero-order valence-electron chi connectivity index (χ0n) is 10.4. The molecule has 3 atom stereocenters. The Balaban J connectivity index is 2.01. The third-order valence-corrected chi connectivity index (χ3v) is 3.09. The standard InChI is InChI=1S/C10H13NO9/c12-8(13)1-2-9(14)19-7-5-17-6-3-4-18-10(6,7)20-11(15)16/h6-7H,1-5H2,(H,12,13). The van der Waals surface area contributed by atoms with E-state index >= 15 is 0 Å². The molecule has 0 aromatic rings. The van der Waals surface area contributed by atoms with E-state index in [9.17, 15) is 19.7 Å². The fraction of sp³-hybridized carbons (Fsp3) is 0.800. The number of carbonyl (C=O) groups is 2. The van der Waals surface area contributed by atoms with Crippen LogP contribution in [0, 0.1) is 10.1 Å². The molecule has 2 aliphatic heterocycles. The summed E-state index contributed by atoms with van der Waals surface area (Å²) in [5.41, 5.74) is 0. The summed E-state index contributed by atoms with van der Waals surface area (Å²) in [4.78, 5) is 37.0. The van der Waals surface area contributed by atoms with Crippen LogP contribution >= 0.6 is 0 Å². The summed E-state index contributed by atoms with van der Waals surface area (Å²) >= 11 is 0. The van der Waals surface area contributed by atoms with Gasteiger partial charge >= 0.3 is 11.9 Å². The predicted molar refractivity (Wildman–Crippen MR) is 57.9 cm³/mol. The van der Waals surface area contributed by atoms with Gasteiger partial charge in [-0.05, 0) is 0 Å². The van der Waals surface area contributed by atoms with Gasteiger partial charge in [0, 0.05) is 6.42 Å². The van der Waals surface area contributed by atoms with Crippen LogP contribution in [0.1, 0.15) is 19.3 Å². The molecule has 2 fully saturated rings. The fourth-order valence-electron chi connectivity index (χ4n) is 2.24. The van der Waals surface area contributed by atoms with Crippen LogP contribution in [0.4, 0.5) is 0 Å². The van der Waals surface area contributed by atoms with Crippen LogP contribution in [-0.4, -0.2) is 53.3 Å². The topological polar surface area (TPSA) is 134 Å². The van der Waals surface area contributed by atoms with Gasteiger partial charge in [-0.2, -0.15) is 0 Å². The SMILES string of the molecule is O=C(O)CCC(=O)OC1COC2CCOC21O[N+](=O)[O-]. The van der Waals surface area contributed by atoms with Crippen LogP contribution in [0.5, 0.6) is 0 Å². The Morgan fingerprint density at radius 2 is 2.20 bits per heavy atom. The molecule has 3 unspecified atom stereocenters. The van der Waals surface area contributed by atoms with E-state index < -0.39 is 35.0 Å². The van der Waals surface area contributed by atoms with Crippen molar-refractivity contribution in [1.29, 1.82) is 0 Å². The molecule has 112 valence electrons. The average Bonchev–Trinajstić information content (AvgIpc) is 2.86. The Bertz CT molecular complexity index is 425. The van der Waals surface area contributed by atoms with E-state index in [1.807, 2.05) is 0 Å². The zero-order chi connectivity index (χ0) is 14.8. The quantitative estimate of drug-likeness (QED) is 0.389. The average molecular weight is 291 g/mol. The molecule has 0 aromatic carbocycles. The van der Waals surface area contributed by atoms with Gasteiger partial charge in [0.1, 0.15) is 6.10 Å². The van der Waals surface area contributed by atoms with Crippen molar-refractivity contribution in [2.45, 2.75) is 37.3 Å². The van der Waals surface area contributed by atoms with Gasteiger partial charge in [-0.25, -0.2) is 0 Å². The Labute approximate surface area is 112 Å². The second kappa shape index (κ2) is 5.59. The van der Waals surface area contributed by atoms with Gasteiger partial charge in [-0.1, -0.05) is 0 Å². The van der Waals surface area contributed by atoms with Gasteiger partial charge in [0.05, 0.1) is 26.1 Å². The maximum absolute atomic E-state index is 11.5. The predicted octanol–water partition coefficient (Wildman–Crippen LogP) is -0.513. The van der Waals surface area contributed by atoms with Crippen molar-refractivity contribution in [3.8, 4) is 0 Å². The van der Waals surface area contributed by atoms with Gasteiger partial charge in [-0.15, -0.1) is 10.1 Å². The lowest BCUT2D eigenvalue weighted by atomic mass is 10.1. The van der Waals surface area contributed by atoms with Gasteiger partial charge < -0.3 is 19.3 Å². The van der Waals surface area contributed by atoms with Gasteiger partial charge in [0.15, 0.2) is 6.10 Å². The fourth-order valence-corrected chi connectivity index (χ4v) is 2.24. The molecule has 2 heterocycles. The van der Waals surface area contributed by atoms with Crippen molar-refractivity contribution in [3.63, 3.8) is 0 Å². The van der Waals surface area contributed by atoms with E-state index in [4.69, 9.17) is 19.3 Å². The van der Waals surface area contributed by atoms with Crippen molar-refractivity contribution in [1.82, 2.24) is 0 Å². The Morgan fingerprint density at radius 1 is 1.45 bits per heavy atom. The molecule has 2 rings (SSSR count). The van der Waals surface area contributed by atoms with Crippen molar-refractivity contribution in [2.75, 3.05) is 13.2 Å². The summed E-state index contributed by atoms with van der Waals surface area (Å²) < 4.78 is 15.5. The molecule has 2 aliphatic rings. The molecule has 0 saturated carbocycles. The first-order valence-corrected chi connectivity index (χ1v) is 5.94. The number of ether oxygens (including phenoxy) is 3. The minimum absolute atomic E-state index is 0.0999. The van der Waals surface area contributed by atoms with Crippen LogP contribution in [0.15, 0.2) is 0 Å². The van der Waals surface area contributed by atoms with Crippen molar-refractivity contribution < 1.29 is 38.8 Å². The number of hydrogen-bond acceptors (Lipinski definition) is 8. The molecule has 2 saturated heterocycles. The number of esters is 1. The van der Waals surface area contributed by atoms with Crippen molar-refractivity contribution in [3.05, 3.63) is 10.1 Å². The van der Waals surface area contributed by atoms with Crippen LogP contribution in [0.2, 0.25) is 0 Å². The highest BCUT2D eigenvalue weighted by atomic mass is 17.0. The molecular weight excluding hydrogens is 278 g/mol. The van der Waals surface area contributed by atoms with Crippen LogP contribution < -0.4 is 0 Å². The Morgan fingerprint density at radius 3 is 2.85 bits per heavy atom. The first-order valence-electron chi connectivity index (χ1n) is 5.94. The lowest BCUT2D eigenvalue weighted by molar-refractivity contribution is -0.798. The third-order valence-electron chi connectivity index (χ3n) is 3.09. The number of aliphatic carboxylic acids is 1. The smallest absolute Gasteiger partial charge is 0.306 e. The maximum atomic E-state index is 11.5. The highest BCUT2D eigenvalue weighted by Gasteiger charge is 2.61. The number of carbonyl (C=O) groups excluding carboxylic acids is 1. The second-order valence-corrected chi connectivity index (χ2v) is 4.37. The summed E-state index contributed by atoms with van der Waals surface area (Å²) in [5, 5.41) is 18.0. The van der Waals surface area contributed by atoms with E-state index in [2.05, 4.69) is 4.84 Å². The van der Waals surface area contributed by atoms with Crippen molar-refractivity contribution >= 4 is 11.9 Å². The molecule has 0 radical (unpaired) electrons. The normalized spacial score (nSPS) is 31.6. The summed E-state index contributed by atoms with van der Waals surface area (Å²) in [5.74, 6) is -3.69. The summed E-state index contributed by atoms with van der Waals surface area (Å²) in [6.45, 7) is 0.0823. The molecule has 0 bridgehead atoms. The first-order chi connectivity index (χ1) is 9.44. The first kappa shape index (κ1) is 14.5. The van der Waals surface area contributed by atoms with Gasteiger partial charge in [0.2, 0.25) is 0 Å². The Hall–Kier alpha value is -1.94. The number of carboxylic acid groups (broad SMARTS) is 1. The van der Waals surface area contributed by atoms with Gasteiger partial charge in [-0.3, -0.25) is 14.4 Å². The highest BCUT2D eigenvalue weighted by molar-refractivity contribution is 5.76. The minimum Gasteiger partial charge on any atom is -0.481 e. The zero-order valence-corrected chi connectivity index (χ0v) is 10.4. The van der Waals surface area contributed by atoms with Crippen LogP contribution in [0.25, 0.3) is 0 Å². The number of fused-ring (bicyclic) bond motifs is 1. The highest BCUT2D eigenvalue weighted by Crippen LogP contribution is 2.40. The monoisotopic (exact) mass is 291 g/mol. The van der Waals surface area contributed by atoms with Crippen molar-refractivity contribution in [2.24, 2.45) is 0 Å². The van der Waals surface area contributed by atoms with Gasteiger partial charge in [0.25, 0.3) is 10.9 Å². The molecule has 10 heteroatoms. The molecule has 1 N–H and O–H groups in total. The summed E-state index contributed by atoms with van der Waals surface area (Å²) in [6.07, 6.45) is -2.13. The molecule has 0 spiro atoms. The third kappa shape index (κ3) is 2.80. The van der Waals surface area contributed by atoms with Crippen LogP contribution in [0.3, 0.4) is 0 Å².